The Morgan fingerprint density at radius 2 is 1.79 bits per heavy atom. The minimum absolute atomic E-state index is 0. The number of halogens is 4. The number of hydrogen-bond acceptors (Lipinski definition) is 5. The number of nitrogens with zero attached hydrogens (tertiary/aromatic N) is 3. The summed E-state index contributed by atoms with van der Waals surface area (Å²) in [4.78, 5) is 28.5. The lowest BCUT2D eigenvalue weighted by atomic mass is 9.80. The van der Waals surface area contributed by atoms with Gasteiger partial charge >= 0.3 is 12.1 Å². The number of nitriles is 1. The predicted octanol–water partition coefficient (Wildman–Crippen LogP) is 5.40. The van der Waals surface area contributed by atoms with Crippen LogP contribution in [-0.4, -0.2) is 53.7 Å². The summed E-state index contributed by atoms with van der Waals surface area (Å²) in [5.74, 6) is -2.24. The Hall–Kier alpha value is -3.29. The third kappa shape index (κ3) is 5.59. The Kier molecular flexibility index (Phi) is 8.48. The second-order valence-electron chi connectivity index (χ2n) is 9.92. The molecule has 0 bridgehead atoms. The zero-order valence-corrected chi connectivity index (χ0v) is 21.4. The van der Waals surface area contributed by atoms with E-state index in [1.807, 2.05) is 0 Å². The van der Waals surface area contributed by atoms with Gasteiger partial charge in [-0.25, -0.2) is 27.7 Å². The molecule has 1 saturated carbocycles. The highest BCUT2D eigenvalue weighted by Gasteiger charge is 2.41. The lowest BCUT2D eigenvalue weighted by molar-refractivity contribution is 0.155. The summed E-state index contributed by atoms with van der Waals surface area (Å²) >= 11 is 0. The molecule has 1 aliphatic carbocycles. The summed E-state index contributed by atoms with van der Waals surface area (Å²) in [7, 11) is 0. The van der Waals surface area contributed by atoms with Crippen molar-refractivity contribution in [3.05, 3.63) is 70.5 Å². The average Bonchev–Trinajstić information content (AvgIpc) is 3.52. The summed E-state index contributed by atoms with van der Waals surface area (Å²) in [5, 5.41) is 12.3. The molecule has 0 aromatic heterocycles. The maximum Gasteiger partial charge on any atom is 0.418 e. The Bertz CT molecular complexity index is 1250. The van der Waals surface area contributed by atoms with E-state index in [4.69, 9.17) is 4.74 Å². The minimum atomic E-state index is -1.05. The number of amides is 3. The largest absolute Gasteiger partial charge is 0.446 e. The van der Waals surface area contributed by atoms with Gasteiger partial charge in [-0.1, -0.05) is 12.1 Å². The predicted molar refractivity (Wildman–Crippen MR) is 134 cm³/mol. The van der Waals surface area contributed by atoms with Crippen LogP contribution in [0.4, 0.5) is 22.8 Å². The summed E-state index contributed by atoms with van der Waals surface area (Å²) < 4.78 is 45.6. The number of ether oxygens (including phenoxy) is 1. The van der Waals surface area contributed by atoms with Crippen molar-refractivity contribution in [1.29, 1.82) is 5.26 Å². The molecule has 2 saturated heterocycles. The first-order chi connectivity index (χ1) is 17.8. The molecule has 7 nitrogen and oxygen atoms in total. The average molecular weight is 549 g/mol. The quantitative estimate of drug-likeness (QED) is 0.553. The van der Waals surface area contributed by atoms with Crippen molar-refractivity contribution in [3.8, 4) is 6.07 Å². The molecule has 3 aliphatic rings. The third-order valence-corrected chi connectivity index (χ3v) is 7.76. The van der Waals surface area contributed by atoms with Crippen molar-refractivity contribution in [2.45, 2.75) is 56.1 Å². The number of urea groups is 1. The van der Waals surface area contributed by atoms with Gasteiger partial charge in [0.25, 0.3) is 0 Å². The number of hydrogen-bond donors (Lipinski definition) is 1. The lowest BCUT2D eigenvalue weighted by Gasteiger charge is -2.35. The van der Waals surface area contributed by atoms with E-state index in [9.17, 15) is 28.0 Å². The normalized spacial score (nSPS) is 25.4. The van der Waals surface area contributed by atoms with Crippen molar-refractivity contribution in [2.75, 3.05) is 19.7 Å². The highest BCUT2D eigenvalue weighted by Crippen LogP contribution is 2.37. The molecule has 2 atom stereocenters. The number of imide groups is 1. The first-order valence-corrected chi connectivity index (χ1v) is 12.5. The molecule has 1 N–H and O–H groups in total. The molecule has 2 heterocycles. The topological polar surface area (TPSA) is 85.7 Å². The zero-order valence-electron chi connectivity index (χ0n) is 20.5. The Labute approximate surface area is 224 Å². The number of cyclic esters (lactones) is 1. The minimum Gasteiger partial charge on any atom is -0.446 e. The molecule has 202 valence electrons. The van der Waals surface area contributed by atoms with Crippen molar-refractivity contribution in [2.24, 2.45) is 0 Å². The standard InChI is InChI=1S/C27H27F3N4O3.ClH/c28-19-4-7-22(18(11-19)13-31)16-1-5-21(6-2-16)33-10-9-20(14-33)32-26(35)34-25(15-37-27(34)36)17-3-8-23(29)24(30)12-17;/h3-4,7-8,11-12,16,20-21,25H,1-2,5-6,9-10,14-15H2,(H,32,35);1H/t16?,20-,21?,25-;/m1./s1. The van der Waals surface area contributed by atoms with E-state index >= 15 is 0 Å². The van der Waals surface area contributed by atoms with Crippen LogP contribution in [0.5, 0.6) is 0 Å². The first-order valence-electron chi connectivity index (χ1n) is 12.5. The van der Waals surface area contributed by atoms with Crippen LogP contribution in [0, 0.1) is 28.8 Å². The van der Waals surface area contributed by atoms with Crippen LogP contribution < -0.4 is 5.32 Å². The van der Waals surface area contributed by atoms with E-state index in [0.717, 1.165) is 61.2 Å². The Morgan fingerprint density at radius 1 is 1.03 bits per heavy atom. The molecule has 11 heteroatoms. The number of rotatable bonds is 4. The Morgan fingerprint density at radius 3 is 2.50 bits per heavy atom. The second kappa shape index (κ2) is 11.6. The van der Waals surface area contributed by atoms with Crippen LogP contribution in [-0.2, 0) is 4.74 Å². The van der Waals surface area contributed by atoms with Gasteiger partial charge in [-0.2, -0.15) is 5.26 Å². The van der Waals surface area contributed by atoms with Crippen LogP contribution in [0.15, 0.2) is 36.4 Å². The van der Waals surface area contributed by atoms with Gasteiger partial charge in [-0.15, -0.1) is 12.4 Å². The van der Waals surface area contributed by atoms with Crippen molar-refractivity contribution in [3.63, 3.8) is 0 Å². The van der Waals surface area contributed by atoms with Gasteiger partial charge in [0.1, 0.15) is 18.5 Å². The van der Waals surface area contributed by atoms with E-state index in [0.29, 0.717) is 18.2 Å². The molecule has 5 rings (SSSR count). The van der Waals surface area contributed by atoms with Crippen LogP contribution >= 0.6 is 12.4 Å². The molecule has 0 spiro atoms. The van der Waals surface area contributed by atoms with E-state index in [1.165, 1.54) is 18.2 Å². The fraction of sp³-hybridized carbons (Fsp3) is 0.444. The zero-order chi connectivity index (χ0) is 26.1. The van der Waals surface area contributed by atoms with Crippen molar-refractivity contribution < 1.29 is 27.5 Å². The molecule has 2 aromatic rings. The van der Waals surface area contributed by atoms with Crippen LogP contribution in [0.3, 0.4) is 0 Å². The highest BCUT2D eigenvalue weighted by atomic mass is 35.5. The second-order valence-corrected chi connectivity index (χ2v) is 9.92. The number of nitrogens with one attached hydrogen (secondary N) is 1. The maximum absolute atomic E-state index is 13.7. The van der Waals surface area contributed by atoms with Gasteiger partial charge in [0.15, 0.2) is 11.6 Å². The lowest BCUT2D eigenvalue weighted by Crippen LogP contribution is -2.47. The molecule has 3 fully saturated rings. The van der Waals surface area contributed by atoms with E-state index in [1.54, 1.807) is 6.07 Å². The fourth-order valence-electron chi connectivity index (χ4n) is 5.83. The molecular formula is C27H28ClF3N4O3. The number of likely N-dealkylation sites (tertiary alicyclic amines) is 1. The fourth-order valence-corrected chi connectivity index (χ4v) is 5.83. The maximum atomic E-state index is 13.7. The smallest absolute Gasteiger partial charge is 0.418 e. The summed E-state index contributed by atoms with van der Waals surface area (Å²) in [6, 6.07) is 8.53. The third-order valence-electron chi connectivity index (χ3n) is 7.76. The van der Waals surface area contributed by atoms with Crippen LogP contribution in [0.2, 0.25) is 0 Å². The van der Waals surface area contributed by atoms with Gasteiger partial charge < -0.3 is 10.1 Å². The van der Waals surface area contributed by atoms with Gasteiger partial charge in [-0.3, -0.25) is 4.90 Å². The van der Waals surface area contributed by atoms with Crippen molar-refractivity contribution in [1.82, 2.24) is 15.1 Å². The highest BCUT2D eigenvalue weighted by molar-refractivity contribution is 5.92. The van der Waals surface area contributed by atoms with Gasteiger partial charge in [0.05, 0.1) is 11.6 Å². The molecule has 3 amide bonds. The monoisotopic (exact) mass is 548 g/mol. The van der Waals surface area contributed by atoms with E-state index in [-0.39, 0.29) is 36.5 Å². The number of benzene rings is 2. The molecule has 38 heavy (non-hydrogen) atoms. The summed E-state index contributed by atoms with van der Waals surface area (Å²) in [6.07, 6.45) is 3.57. The SMILES string of the molecule is Cl.N#Cc1cc(F)ccc1C1CCC(N2CC[C@@H](NC(=O)N3C(=O)OC[C@@H]3c3ccc(F)c(F)c3)C2)CC1. The van der Waals surface area contributed by atoms with Gasteiger partial charge in [-0.05, 0) is 73.4 Å². The number of carbonyl (C=O) groups excluding carboxylic acids is 2. The molecular weight excluding hydrogens is 521 g/mol. The van der Waals surface area contributed by atoms with Gasteiger partial charge in [0.2, 0.25) is 0 Å². The van der Waals surface area contributed by atoms with Crippen molar-refractivity contribution >= 4 is 24.5 Å². The van der Waals surface area contributed by atoms with E-state index in [2.05, 4.69) is 16.3 Å². The van der Waals surface area contributed by atoms with Crippen LogP contribution in [0.1, 0.15) is 60.8 Å². The van der Waals surface area contributed by atoms with Gasteiger partial charge in [0, 0.05) is 25.2 Å². The molecule has 2 aliphatic heterocycles. The summed E-state index contributed by atoms with van der Waals surface area (Å²) in [5.41, 5.74) is 1.59. The molecule has 0 unspecified atom stereocenters. The number of carbonyl (C=O) groups is 2. The molecule has 2 aromatic carbocycles. The molecule has 0 radical (unpaired) electrons. The summed E-state index contributed by atoms with van der Waals surface area (Å²) in [6.45, 7) is 1.32. The Balaban J connectivity index is 0.00000336. The first kappa shape index (κ1) is 27.7. The van der Waals surface area contributed by atoms with E-state index < -0.39 is 35.6 Å². The van der Waals surface area contributed by atoms with Crippen LogP contribution in [0.25, 0.3) is 0 Å².